The minimum Gasteiger partial charge on any atom is -0.479 e. The number of rotatable bonds is 4. The van der Waals surface area contributed by atoms with Crippen LogP contribution in [0.4, 0.5) is 4.39 Å². The summed E-state index contributed by atoms with van der Waals surface area (Å²) in [6.07, 6.45) is 0.865. The molecule has 6 nitrogen and oxygen atoms in total. The molecule has 1 aromatic heterocycles. The summed E-state index contributed by atoms with van der Waals surface area (Å²) in [5, 5.41) is 20.1. The van der Waals surface area contributed by atoms with E-state index in [2.05, 4.69) is 10.3 Å². The Labute approximate surface area is 96.1 Å². The monoisotopic (exact) mass is 242 g/mol. The van der Waals surface area contributed by atoms with Crippen molar-refractivity contribution in [3.05, 3.63) is 29.8 Å². The SMILES string of the molecule is CC(O)(CNC(=O)c1ccc(F)cn1)C(=O)O. The number of nitrogens with zero attached hydrogens (tertiary/aromatic N) is 1. The van der Waals surface area contributed by atoms with Crippen molar-refractivity contribution in [3.8, 4) is 0 Å². The molecule has 0 aliphatic carbocycles. The van der Waals surface area contributed by atoms with E-state index in [1.807, 2.05) is 0 Å². The number of aliphatic hydroxyl groups is 1. The molecule has 0 bridgehead atoms. The van der Waals surface area contributed by atoms with E-state index in [1.54, 1.807) is 0 Å². The van der Waals surface area contributed by atoms with Gasteiger partial charge < -0.3 is 15.5 Å². The van der Waals surface area contributed by atoms with Crippen molar-refractivity contribution in [2.75, 3.05) is 6.54 Å². The van der Waals surface area contributed by atoms with Crippen molar-refractivity contribution in [2.45, 2.75) is 12.5 Å². The Hall–Kier alpha value is -2.02. The average Bonchev–Trinajstić information content (AvgIpc) is 2.27. The highest BCUT2D eigenvalue weighted by Crippen LogP contribution is 2.02. The Morgan fingerprint density at radius 2 is 2.18 bits per heavy atom. The number of nitrogens with one attached hydrogen (secondary N) is 1. The lowest BCUT2D eigenvalue weighted by Crippen LogP contribution is -2.46. The van der Waals surface area contributed by atoms with Gasteiger partial charge in [0.15, 0.2) is 5.60 Å². The van der Waals surface area contributed by atoms with Crippen LogP contribution in [-0.2, 0) is 4.79 Å². The summed E-state index contributed by atoms with van der Waals surface area (Å²) >= 11 is 0. The van der Waals surface area contributed by atoms with Gasteiger partial charge in [0.25, 0.3) is 5.91 Å². The highest BCUT2D eigenvalue weighted by Gasteiger charge is 2.30. The van der Waals surface area contributed by atoms with Crippen LogP contribution in [0.2, 0.25) is 0 Å². The van der Waals surface area contributed by atoms with E-state index in [9.17, 15) is 19.1 Å². The molecule has 3 N–H and O–H groups in total. The lowest BCUT2D eigenvalue weighted by atomic mass is 10.1. The number of pyridine rings is 1. The molecule has 0 radical (unpaired) electrons. The first kappa shape index (κ1) is 13.0. The van der Waals surface area contributed by atoms with E-state index in [1.165, 1.54) is 0 Å². The number of carbonyl (C=O) groups is 2. The predicted molar refractivity (Wildman–Crippen MR) is 54.8 cm³/mol. The molecular weight excluding hydrogens is 231 g/mol. The largest absolute Gasteiger partial charge is 0.479 e. The van der Waals surface area contributed by atoms with E-state index in [4.69, 9.17) is 5.11 Å². The van der Waals surface area contributed by atoms with Crippen LogP contribution < -0.4 is 5.32 Å². The maximum absolute atomic E-state index is 12.5. The molecule has 0 aliphatic rings. The zero-order valence-corrected chi connectivity index (χ0v) is 8.98. The van der Waals surface area contributed by atoms with Crippen LogP contribution in [0, 0.1) is 5.82 Å². The summed E-state index contributed by atoms with van der Waals surface area (Å²) in [7, 11) is 0. The van der Waals surface area contributed by atoms with Crippen LogP contribution in [0.15, 0.2) is 18.3 Å². The summed E-state index contributed by atoms with van der Waals surface area (Å²) in [5.74, 6) is -2.73. The number of hydrogen-bond acceptors (Lipinski definition) is 4. The molecule has 17 heavy (non-hydrogen) atoms. The standard InChI is InChI=1S/C10H11FN2O4/c1-10(17,9(15)16)5-13-8(14)7-3-2-6(11)4-12-7/h2-4,17H,5H2,1H3,(H,13,14)(H,15,16). The van der Waals surface area contributed by atoms with E-state index in [-0.39, 0.29) is 5.69 Å². The minimum atomic E-state index is -2.06. The number of hydrogen-bond donors (Lipinski definition) is 3. The maximum atomic E-state index is 12.5. The molecule has 92 valence electrons. The molecule has 1 aromatic rings. The van der Waals surface area contributed by atoms with Crippen LogP contribution in [0.25, 0.3) is 0 Å². The Balaban J connectivity index is 2.62. The zero-order valence-electron chi connectivity index (χ0n) is 8.98. The second-order valence-corrected chi connectivity index (χ2v) is 3.62. The fourth-order valence-electron chi connectivity index (χ4n) is 0.929. The summed E-state index contributed by atoms with van der Waals surface area (Å²) in [5.41, 5.74) is -2.12. The van der Waals surface area contributed by atoms with E-state index in [0.29, 0.717) is 0 Å². The molecule has 7 heteroatoms. The van der Waals surface area contributed by atoms with Gasteiger partial charge in [0.1, 0.15) is 11.5 Å². The topological polar surface area (TPSA) is 99.5 Å². The number of carboxylic acid groups (broad SMARTS) is 1. The molecule has 0 saturated carbocycles. The van der Waals surface area contributed by atoms with Gasteiger partial charge in [-0.05, 0) is 19.1 Å². The number of amides is 1. The Bertz CT molecular complexity index is 430. The normalized spacial score (nSPS) is 13.8. The number of aliphatic carboxylic acids is 1. The van der Waals surface area contributed by atoms with Gasteiger partial charge in [-0.2, -0.15) is 0 Å². The third kappa shape index (κ3) is 3.49. The summed E-state index contributed by atoms with van der Waals surface area (Å²) in [4.78, 5) is 25.5. The van der Waals surface area contributed by atoms with E-state index in [0.717, 1.165) is 25.3 Å². The lowest BCUT2D eigenvalue weighted by molar-refractivity contribution is -0.155. The molecule has 0 aliphatic heterocycles. The molecular formula is C10H11FN2O4. The van der Waals surface area contributed by atoms with Crippen molar-refractivity contribution in [2.24, 2.45) is 0 Å². The fraction of sp³-hybridized carbons (Fsp3) is 0.300. The number of aromatic nitrogens is 1. The van der Waals surface area contributed by atoms with Crippen molar-refractivity contribution < 1.29 is 24.2 Å². The first-order valence-corrected chi connectivity index (χ1v) is 4.68. The molecule has 0 aromatic carbocycles. The summed E-state index contributed by atoms with van der Waals surface area (Å²) in [6, 6.07) is 2.21. The average molecular weight is 242 g/mol. The second kappa shape index (κ2) is 4.88. The van der Waals surface area contributed by atoms with Gasteiger partial charge in [0, 0.05) is 0 Å². The molecule has 1 atom stereocenters. The van der Waals surface area contributed by atoms with Crippen LogP contribution in [0.1, 0.15) is 17.4 Å². The van der Waals surface area contributed by atoms with Gasteiger partial charge in [-0.25, -0.2) is 14.2 Å². The lowest BCUT2D eigenvalue weighted by Gasteiger charge is -2.17. The number of halogens is 1. The first-order valence-electron chi connectivity index (χ1n) is 4.68. The van der Waals surface area contributed by atoms with Crippen molar-refractivity contribution >= 4 is 11.9 Å². The Kier molecular flexibility index (Phi) is 3.74. The molecule has 1 unspecified atom stereocenters. The van der Waals surface area contributed by atoms with Gasteiger partial charge in [0.2, 0.25) is 0 Å². The smallest absolute Gasteiger partial charge is 0.337 e. The zero-order chi connectivity index (χ0) is 13.1. The third-order valence-corrected chi connectivity index (χ3v) is 2.01. The number of carboxylic acids is 1. The Morgan fingerprint density at radius 3 is 2.65 bits per heavy atom. The first-order chi connectivity index (χ1) is 7.83. The molecule has 1 rings (SSSR count). The summed E-state index contributed by atoms with van der Waals surface area (Å²) in [6.45, 7) is 0.577. The van der Waals surface area contributed by atoms with Crippen molar-refractivity contribution in [3.63, 3.8) is 0 Å². The minimum absolute atomic E-state index is 0.0624. The van der Waals surface area contributed by atoms with Gasteiger partial charge in [-0.3, -0.25) is 4.79 Å². The Morgan fingerprint density at radius 1 is 1.53 bits per heavy atom. The molecule has 1 amide bonds. The van der Waals surface area contributed by atoms with Crippen LogP contribution in [0.5, 0.6) is 0 Å². The molecule has 1 heterocycles. The van der Waals surface area contributed by atoms with Crippen LogP contribution in [-0.4, -0.2) is 39.2 Å². The van der Waals surface area contributed by atoms with Crippen LogP contribution >= 0.6 is 0 Å². The van der Waals surface area contributed by atoms with Gasteiger partial charge in [0.05, 0.1) is 12.7 Å². The third-order valence-electron chi connectivity index (χ3n) is 2.01. The van der Waals surface area contributed by atoms with Gasteiger partial charge in [-0.1, -0.05) is 0 Å². The van der Waals surface area contributed by atoms with Gasteiger partial charge in [-0.15, -0.1) is 0 Å². The number of carbonyl (C=O) groups excluding carboxylic acids is 1. The molecule has 0 spiro atoms. The maximum Gasteiger partial charge on any atom is 0.337 e. The predicted octanol–water partition coefficient (Wildman–Crippen LogP) is -0.214. The van der Waals surface area contributed by atoms with Gasteiger partial charge >= 0.3 is 5.97 Å². The molecule has 0 fully saturated rings. The fourth-order valence-corrected chi connectivity index (χ4v) is 0.929. The van der Waals surface area contributed by atoms with Crippen molar-refractivity contribution in [1.82, 2.24) is 10.3 Å². The second-order valence-electron chi connectivity index (χ2n) is 3.62. The summed E-state index contributed by atoms with van der Waals surface area (Å²) < 4.78 is 12.5. The highest BCUT2D eigenvalue weighted by molar-refractivity contribution is 5.92. The van der Waals surface area contributed by atoms with E-state index >= 15 is 0 Å². The molecule has 0 saturated heterocycles. The highest BCUT2D eigenvalue weighted by atomic mass is 19.1. The van der Waals surface area contributed by atoms with E-state index < -0.39 is 29.8 Å². The van der Waals surface area contributed by atoms with Crippen LogP contribution in [0.3, 0.4) is 0 Å². The van der Waals surface area contributed by atoms with Crippen molar-refractivity contribution in [1.29, 1.82) is 0 Å². The quantitative estimate of drug-likeness (QED) is 0.678.